The van der Waals surface area contributed by atoms with Crippen molar-refractivity contribution < 1.29 is 13.6 Å². The first-order valence-corrected chi connectivity index (χ1v) is 10.1. The molecular formula is C8H15Br4O3P. The fourth-order valence-electron chi connectivity index (χ4n) is 0.736. The second-order valence-electron chi connectivity index (χ2n) is 3.03. The van der Waals surface area contributed by atoms with Gasteiger partial charge in [-0.05, 0) is 12.8 Å². The molecule has 98 valence electrons. The molecule has 0 fully saturated rings. The van der Waals surface area contributed by atoms with Crippen molar-refractivity contribution in [3.63, 3.8) is 0 Å². The molecule has 0 aliphatic rings. The summed E-state index contributed by atoms with van der Waals surface area (Å²) in [5.74, 6) is 0. The Morgan fingerprint density at radius 1 is 0.938 bits per heavy atom. The van der Waals surface area contributed by atoms with Crippen molar-refractivity contribution in [1.82, 2.24) is 0 Å². The lowest BCUT2D eigenvalue weighted by molar-refractivity contribution is 0.223. The molecule has 0 aromatic carbocycles. The lowest BCUT2D eigenvalue weighted by Gasteiger charge is -2.08. The van der Waals surface area contributed by atoms with E-state index >= 15 is 0 Å². The summed E-state index contributed by atoms with van der Waals surface area (Å²) in [6.45, 7) is 0.908. The SMILES string of the molecule is O=[PH](OCCC(Br)CBr)OCCC(Br)CBr. The Morgan fingerprint density at radius 3 is 1.62 bits per heavy atom. The third kappa shape index (κ3) is 11.2. The van der Waals surface area contributed by atoms with Crippen LogP contribution in [0.4, 0.5) is 0 Å². The number of hydrogen-bond donors (Lipinski definition) is 0. The minimum absolute atomic E-state index is 0.350. The summed E-state index contributed by atoms with van der Waals surface area (Å²) in [7, 11) is -2.32. The topological polar surface area (TPSA) is 35.5 Å². The van der Waals surface area contributed by atoms with Gasteiger partial charge in [0, 0.05) is 20.3 Å². The summed E-state index contributed by atoms with van der Waals surface area (Å²) in [6, 6.07) is 0. The van der Waals surface area contributed by atoms with Crippen molar-refractivity contribution in [3.8, 4) is 0 Å². The summed E-state index contributed by atoms with van der Waals surface area (Å²) < 4.78 is 21.4. The van der Waals surface area contributed by atoms with Crippen LogP contribution in [-0.4, -0.2) is 33.5 Å². The maximum Gasteiger partial charge on any atom is 0.319 e. The van der Waals surface area contributed by atoms with Crippen LogP contribution in [0.3, 0.4) is 0 Å². The van der Waals surface area contributed by atoms with Crippen LogP contribution in [-0.2, 0) is 13.6 Å². The molecule has 0 rings (SSSR count). The van der Waals surface area contributed by atoms with E-state index in [9.17, 15) is 4.57 Å². The first-order valence-electron chi connectivity index (χ1n) is 4.79. The lowest BCUT2D eigenvalue weighted by Crippen LogP contribution is -2.04. The minimum Gasteiger partial charge on any atom is -0.311 e. The fourth-order valence-corrected chi connectivity index (χ4v) is 2.41. The number of hydrogen-bond acceptors (Lipinski definition) is 3. The predicted molar refractivity (Wildman–Crippen MR) is 83.2 cm³/mol. The Kier molecular flexibility index (Phi) is 13.7. The van der Waals surface area contributed by atoms with E-state index in [1.54, 1.807) is 0 Å². The molecular weight excluding hydrogens is 495 g/mol. The van der Waals surface area contributed by atoms with Gasteiger partial charge in [0.05, 0.1) is 13.2 Å². The van der Waals surface area contributed by atoms with Crippen LogP contribution in [0, 0.1) is 0 Å². The molecule has 0 saturated carbocycles. The van der Waals surface area contributed by atoms with Crippen LogP contribution in [0.5, 0.6) is 0 Å². The quantitative estimate of drug-likeness (QED) is 0.321. The molecule has 2 atom stereocenters. The Bertz CT molecular complexity index is 178. The molecule has 0 spiro atoms. The smallest absolute Gasteiger partial charge is 0.311 e. The van der Waals surface area contributed by atoms with E-state index in [0.29, 0.717) is 22.9 Å². The molecule has 2 unspecified atom stereocenters. The van der Waals surface area contributed by atoms with Gasteiger partial charge >= 0.3 is 8.25 Å². The number of rotatable bonds is 10. The Labute approximate surface area is 131 Å². The van der Waals surface area contributed by atoms with Gasteiger partial charge in [0.2, 0.25) is 0 Å². The van der Waals surface area contributed by atoms with Crippen LogP contribution in [0.1, 0.15) is 12.8 Å². The Balaban J connectivity index is 3.38. The van der Waals surface area contributed by atoms with Crippen molar-refractivity contribution in [1.29, 1.82) is 0 Å². The highest BCUT2D eigenvalue weighted by molar-refractivity contribution is 9.12. The maximum absolute atomic E-state index is 11.3. The van der Waals surface area contributed by atoms with E-state index < -0.39 is 8.25 Å². The molecule has 0 aromatic heterocycles. The van der Waals surface area contributed by atoms with Crippen molar-refractivity contribution in [3.05, 3.63) is 0 Å². The average Bonchev–Trinajstić information content (AvgIpc) is 2.28. The van der Waals surface area contributed by atoms with Gasteiger partial charge in [0.15, 0.2) is 0 Å². The van der Waals surface area contributed by atoms with E-state index in [-0.39, 0.29) is 0 Å². The van der Waals surface area contributed by atoms with Crippen LogP contribution in [0.15, 0.2) is 0 Å². The van der Waals surface area contributed by atoms with Crippen LogP contribution in [0.2, 0.25) is 0 Å². The summed E-state index contributed by atoms with van der Waals surface area (Å²) in [6.07, 6.45) is 1.63. The van der Waals surface area contributed by atoms with Crippen molar-refractivity contribution in [2.24, 2.45) is 0 Å². The molecule has 0 radical (unpaired) electrons. The predicted octanol–water partition coefficient (Wildman–Crippen LogP) is 4.51. The van der Waals surface area contributed by atoms with Gasteiger partial charge in [0.25, 0.3) is 0 Å². The van der Waals surface area contributed by atoms with E-state index in [4.69, 9.17) is 9.05 Å². The zero-order valence-corrected chi connectivity index (χ0v) is 16.0. The second-order valence-corrected chi connectivity index (χ2v) is 7.99. The van der Waals surface area contributed by atoms with Crippen molar-refractivity contribution in [2.45, 2.75) is 22.5 Å². The highest BCUT2D eigenvalue weighted by Gasteiger charge is 2.06. The Morgan fingerprint density at radius 2 is 1.31 bits per heavy atom. The fraction of sp³-hybridized carbons (Fsp3) is 1.00. The van der Waals surface area contributed by atoms with Gasteiger partial charge < -0.3 is 9.05 Å². The van der Waals surface area contributed by atoms with Crippen LogP contribution >= 0.6 is 72.0 Å². The molecule has 0 N–H and O–H groups in total. The van der Waals surface area contributed by atoms with Gasteiger partial charge in [-0.15, -0.1) is 0 Å². The molecule has 0 bridgehead atoms. The lowest BCUT2D eigenvalue weighted by atomic mass is 10.4. The molecule has 3 nitrogen and oxygen atoms in total. The summed E-state index contributed by atoms with van der Waals surface area (Å²) in [5, 5.41) is 1.71. The Hall–Kier alpha value is 2.07. The van der Waals surface area contributed by atoms with Crippen LogP contribution < -0.4 is 0 Å². The number of halogens is 4. The number of alkyl halides is 4. The first kappa shape index (κ1) is 18.1. The molecule has 8 heteroatoms. The van der Waals surface area contributed by atoms with Crippen LogP contribution in [0.25, 0.3) is 0 Å². The third-order valence-electron chi connectivity index (χ3n) is 1.64. The van der Waals surface area contributed by atoms with E-state index in [0.717, 1.165) is 23.5 Å². The summed E-state index contributed by atoms with van der Waals surface area (Å²) >= 11 is 13.5. The largest absolute Gasteiger partial charge is 0.319 e. The molecule has 0 saturated heterocycles. The van der Waals surface area contributed by atoms with E-state index in [1.165, 1.54) is 0 Å². The van der Waals surface area contributed by atoms with Gasteiger partial charge in [-0.25, -0.2) is 0 Å². The summed E-state index contributed by atoms with van der Waals surface area (Å²) in [4.78, 5) is 0.699. The molecule has 0 aromatic rings. The monoisotopic (exact) mass is 506 g/mol. The minimum atomic E-state index is -2.32. The van der Waals surface area contributed by atoms with Crippen molar-refractivity contribution >= 4 is 72.0 Å². The molecule has 0 aliphatic carbocycles. The zero-order valence-electron chi connectivity index (χ0n) is 8.63. The van der Waals surface area contributed by atoms with Gasteiger partial charge in [-0.1, -0.05) is 63.7 Å². The molecule has 0 amide bonds. The second kappa shape index (κ2) is 12.1. The van der Waals surface area contributed by atoms with Gasteiger partial charge in [-0.3, -0.25) is 4.57 Å². The van der Waals surface area contributed by atoms with E-state index in [2.05, 4.69) is 63.7 Å². The van der Waals surface area contributed by atoms with Gasteiger partial charge in [-0.2, -0.15) is 0 Å². The average molecular weight is 510 g/mol. The van der Waals surface area contributed by atoms with Gasteiger partial charge in [0.1, 0.15) is 0 Å². The third-order valence-corrected chi connectivity index (χ3v) is 7.38. The van der Waals surface area contributed by atoms with E-state index in [1.807, 2.05) is 0 Å². The normalized spacial score (nSPS) is 17.0. The van der Waals surface area contributed by atoms with Crippen molar-refractivity contribution in [2.75, 3.05) is 23.9 Å². The summed E-state index contributed by atoms with van der Waals surface area (Å²) in [5.41, 5.74) is 0. The zero-order chi connectivity index (χ0) is 12.4. The highest BCUT2D eigenvalue weighted by Crippen LogP contribution is 2.25. The molecule has 16 heavy (non-hydrogen) atoms. The molecule has 0 aliphatic heterocycles. The standard InChI is InChI=1S/C8H15Br4O3P/c9-5-7(11)1-3-14-16(13)15-4-2-8(12)6-10/h7-8,16H,1-6H2. The maximum atomic E-state index is 11.3. The highest BCUT2D eigenvalue weighted by atomic mass is 79.9. The molecule has 0 heterocycles. The first-order chi connectivity index (χ1) is 7.60.